The Balaban J connectivity index is 2.13. The number of hydrogen-bond donors (Lipinski definition) is 0. The third-order valence-electron chi connectivity index (χ3n) is 2.45. The van der Waals surface area contributed by atoms with Crippen LogP contribution in [-0.4, -0.2) is 25.5 Å². The second kappa shape index (κ2) is 5.18. The van der Waals surface area contributed by atoms with Gasteiger partial charge < -0.3 is 0 Å². The minimum atomic E-state index is 0.0651. The van der Waals surface area contributed by atoms with Gasteiger partial charge >= 0.3 is 0 Å². The van der Waals surface area contributed by atoms with Gasteiger partial charge in [0.2, 0.25) is 0 Å². The van der Waals surface area contributed by atoms with Crippen LogP contribution in [0.2, 0.25) is 0 Å². The predicted molar refractivity (Wildman–Crippen MR) is 65.2 cm³/mol. The van der Waals surface area contributed by atoms with Crippen molar-refractivity contribution in [3.05, 3.63) is 28.2 Å². The lowest BCUT2D eigenvalue weighted by molar-refractivity contribution is 0.0992. The van der Waals surface area contributed by atoms with Gasteiger partial charge in [0.05, 0.1) is 22.5 Å². The molecule has 2 aromatic heterocycles. The van der Waals surface area contributed by atoms with E-state index in [9.17, 15) is 4.79 Å². The Hall–Kier alpha value is -1.56. The fourth-order valence-corrected chi connectivity index (χ4v) is 2.36. The molecule has 0 aliphatic heterocycles. The Morgan fingerprint density at radius 3 is 2.94 bits per heavy atom. The molecule has 2 aromatic rings. The van der Waals surface area contributed by atoms with Crippen LogP contribution in [0.4, 0.5) is 0 Å². The van der Waals surface area contributed by atoms with Crippen LogP contribution >= 0.6 is 11.3 Å². The van der Waals surface area contributed by atoms with Gasteiger partial charge in [-0.2, -0.15) is 5.10 Å². The number of ketones is 1. The first kappa shape index (κ1) is 11.9. The minimum absolute atomic E-state index is 0.0651. The first-order valence-electron chi connectivity index (χ1n) is 5.52. The number of carbonyl (C=O) groups is 1. The summed E-state index contributed by atoms with van der Waals surface area (Å²) in [5.74, 6) is 0.792. The standard InChI is InChI=1S/C11H14N4OS/c1-3-4-15-10(12-6-14-15)5-9(16)11-8(2)13-7-17-11/h6-7H,3-5H2,1-2H3. The molecule has 0 saturated carbocycles. The predicted octanol–water partition coefficient (Wildman–Crippen LogP) is 1.88. The quantitative estimate of drug-likeness (QED) is 0.760. The number of Topliss-reactive ketones (excluding diaryl/α,β-unsaturated/α-hetero) is 1. The van der Waals surface area contributed by atoms with Gasteiger partial charge in [-0.15, -0.1) is 11.3 Å². The molecule has 0 atom stereocenters. The van der Waals surface area contributed by atoms with Crippen LogP contribution in [0.3, 0.4) is 0 Å². The van der Waals surface area contributed by atoms with E-state index in [1.54, 1.807) is 10.2 Å². The van der Waals surface area contributed by atoms with Gasteiger partial charge in [-0.1, -0.05) is 6.92 Å². The van der Waals surface area contributed by atoms with Crippen LogP contribution in [0.15, 0.2) is 11.8 Å². The molecule has 0 unspecified atom stereocenters. The second-order valence-corrected chi connectivity index (χ2v) is 4.62. The summed E-state index contributed by atoms with van der Waals surface area (Å²) in [7, 11) is 0. The molecule has 2 heterocycles. The molecule has 0 N–H and O–H groups in total. The fourth-order valence-electron chi connectivity index (χ4n) is 1.62. The lowest BCUT2D eigenvalue weighted by Crippen LogP contribution is -2.11. The molecule has 0 aliphatic rings. The van der Waals surface area contributed by atoms with Crippen LogP contribution in [0.25, 0.3) is 0 Å². The van der Waals surface area contributed by atoms with Crippen molar-refractivity contribution in [3.63, 3.8) is 0 Å². The van der Waals surface area contributed by atoms with Gasteiger partial charge in [0.1, 0.15) is 12.2 Å². The van der Waals surface area contributed by atoms with E-state index >= 15 is 0 Å². The Morgan fingerprint density at radius 2 is 2.29 bits per heavy atom. The monoisotopic (exact) mass is 250 g/mol. The van der Waals surface area contributed by atoms with Crippen molar-refractivity contribution in [2.45, 2.75) is 33.2 Å². The number of thiazole rings is 1. The van der Waals surface area contributed by atoms with Crippen LogP contribution in [0.5, 0.6) is 0 Å². The van der Waals surface area contributed by atoms with Crippen molar-refractivity contribution in [1.82, 2.24) is 19.7 Å². The van der Waals surface area contributed by atoms with Gasteiger partial charge in [0.15, 0.2) is 5.78 Å². The molecule has 0 fully saturated rings. The smallest absolute Gasteiger partial charge is 0.182 e. The Labute approximate surface area is 104 Å². The van der Waals surface area contributed by atoms with E-state index in [1.165, 1.54) is 17.7 Å². The van der Waals surface area contributed by atoms with E-state index in [1.807, 2.05) is 6.92 Å². The average Bonchev–Trinajstić information content (AvgIpc) is 2.89. The summed E-state index contributed by atoms with van der Waals surface area (Å²) >= 11 is 1.38. The highest BCUT2D eigenvalue weighted by Crippen LogP contribution is 2.14. The van der Waals surface area contributed by atoms with Gasteiger partial charge in [-0.05, 0) is 13.3 Å². The number of rotatable bonds is 5. The van der Waals surface area contributed by atoms with Crippen LogP contribution in [0.1, 0.15) is 34.5 Å². The maximum absolute atomic E-state index is 12.0. The Morgan fingerprint density at radius 1 is 1.47 bits per heavy atom. The highest BCUT2D eigenvalue weighted by molar-refractivity contribution is 7.11. The molecule has 90 valence electrons. The third kappa shape index (κ3) is 2.58. The molecule has 0 saturated heterocycles. The summed E-state index contributed by atoms with van der Waals surface area (Å²) < 4.78 is 1.79. The Bertz CT molecular complexity index is 517. The summed E-state index contributed by atoms with van der Waals surface area (Å²) in [6.07, 6.45) is 2.77. The van der Waals surface area contributed by atoms with E-state index in [-0.39, 0.29) is 5.78 Å². The van der Waals surface area contributed by atoms with E-state index < -0.39 is 0 Å². The number of hydrogen-bond acceptors (Lipinski definition) is 5. The zero-order chi connectivity index (χ0) is 12.3. The zero-order valence-electron chi connectivity index (χ0n) is 9.88. The summed E-state index contributed by atoms with van der Waals surface area (Å²) in [6.45, 7) is 4.71. The van der Waals surface area contributed by atoms with Gasteiger partial charge in [-0.3, -0.25) is 4.79 Å². The van der Waals surface area contributed by atoms with Gasteiger partial charge in [-0.25, -0.2) is 14.6 Å². The van der Waals surface area contributed by atoms with Crippen molar-refractivity contribution >= 4 is 17.1 Å². The molecule has 2 rings (SSSR count). The molecule has 0 aromatic carbocycles. The lowest BCUT2D eigenvalue weighted by Gasteiger charge is -2.03. The lowest BCUT2D eigenvalue weighted by atomic mass is 10.2. The van der Waals surface area contributed by atoms with E-state index in [4.69, 9.17) is 0 Å². The number of aryl methyl sites for hydroxylation is 2. The molecular formula is C11H14N4OS. The maximum atomic E-state index is 12.0. The summed E-state index contributed by atoms with van der Waals surface area (Å²) in [5, 5.41) is 4.10. The highest BCUT2D eigenvalue weighted by Gasteiger charge is 2.15. The zero-order valence-corrected chi connectivity index (χ0v) is 10.7. The van der Waals surface area contributed by atoms with E-state index in [0.29, 0.717) is 6.42 Å². The fraction of sp³-hybridized carbons (Fsp3) is 0.455. The first-order chi connectivity index (χ1) is 8.22. The molecule has 0 radical (unpaired) electrons. The van der Waals surface area contributed by atoms with Gasteiger partial charge in [0.25, 0.3) is 0 Å². The molecule has 6 heteroatoms. The van der Waals surface area contributed by atoms with Crippen molar-refractivity contribution in [1.29, 1.82) is 0 Å². The van der Waals surface area contributed by atoms with Crippen molar-refractivity contribution in [2.75, 3.05) is 0 Å². The van der Waals surface area contributed by atoms with Crippen molar-refractivity contribution in [2.24, 2.45) is 0 Å². The second-order valence-electron chi connectivity index (χ2n) is 3.77. The van der Waals surface area contributed by atoms with Crippen molar-refractivity contribution in [3.8, 4) is 0 Å². The number of carbonyl (C=O) groups excluding carboxylic acids is 1. The highest BCUT2D eigenvalue weighted by atomic mass is 32.1. The van der Waals surface area contributed by atoms with Gasteiger partial charge in [0, 0.05) is 6.54 Å². The number of nitrogens with zero attached hydrogens (tertiary/aromatic N) is 4. The van der Waals surface area contributed by atoms with E-state index in [2.05, 4.69) is 22.0 Å². The van der Waals surface area contributed by atoms with Crippen LogP contribution in [0, 0.1) is 6.92 Å². The number of aromatic nitrogens is 4. The molecular weight excluding hydrogens is 236 g/mol. The molecule has 0 bridgehead atoms. The summed E-state index contributed by atoms with van der Waals surface area (Å²) in [5.41, 5.74) is 2.49. The largest absolute Gasteiger partial charge is 0.293 e. The van der Waals surface area contributed by atoms with Crippen LogP contribution in [-0.2, 0) is 13.0 Å². The summed E-state index contributed by atoms with van der Waals surface area (Å²) in [6, 6.07) is 0. The topological polar surface area (TPSA) is 60.7 Å². The molecule has 5 nitrogen and oxygen atoms in total. The normalized spacial score (nSPS) is 10.7. The van der Waals surface area contributed by atoms with Crippen LogP contribution < -0.4 is 0 Å². The first-order valence-corrected chi connectivity index (χ1v) is 6.40. The molecule has 0 aliphatic carbocycles. The molecule has 0 amide bonds. The maximum Gasteiger partial charge on any atom is 0.182 e. The molecule has 0 spiro atoms. The third-order valence-corrected chi connectivity index (χ3v) is 3.42. The SMILES string of the molecule is CCCn1ncnc1CC(=O)c1scnc1C. The van der Waals surface area contributed by atoms with E-state index in [0.717, 1.165) is 29.4 Å². The summed E-state index contributed by atoms with van der Waals surface area (Å²) in [4.78, 5) is 21.0. The minimum Gasteiger partial charge on any atom is -0.293 e. The molecule has 17 heavy (non-hydrogen) atoms. The Kier molecular flexibility index (Phi) is 3.63. The van der Waals surface area contributed by atoms with Crippen molar-refractivity contribution < 1.29 is 4.79 Å². The average molecular weight is 250 g/mol.